The summed E-state index contributed by atoms with van der Waals surface area (Å²) >= 11 is 3.38. The molecule has 0 saturated heterocycles. The lowest BCUT2D eigenvalue weighted by atomic mass is 10.1. The van der Waals surface area contributed by atoms with Gasteiger partial charge in [-0.3, -0.25) is 20.3 Å². The molecular formula is C18H13BrN4O3. The topological polar surface area (TPSA) is 111 Å². The molecule has 0 aliphatic heterocycles. The number of pyridine rings is 1. The zero-order chi connectivity index (χ0) is 18.7. The monoisotopic (exact) mass is 412 g/mol. The van der Waals surface area contributed by atoms with Crippen LogP contribution in [0.3, 0.4) is 0 Å². The smallest absolute Gasteiger partial charge is 0.269 e. The van der Waals surface area contributed by atoms with Gasteiger partial charge in [0.15, 0.2) is 0 Å². The Morgan fingerprint density at radius 3 is 2.54 bits per heavy atom. The van der Waals surface area contributed by atoms with Crippen molar-refractivity contribution in [3.8, 4) is 0 Å². The number of halogens is 1. The van der Waals surface area contributed by atoms with E-state index in [4.69, 9.17) is 5.84 Å². The first-order chi connectivity index (χ1) is 12.5. The number of carbonyl (C=O) groups excluding carboxylic acids is 1. The second-order valence-electron chi connectivity index (χ2n) is 5.41. The van der Waals surface area contributed by atoms with E-state index < -0.39 is 10.8 Å². The van der Waals surface area contributed by atoms with Gasteiger partial charge in [0, 0.05) is 22.0 Å². The van der Waals surface area contributed by atoms with Crippen LogP contribution in [0.25, 0.3) is 23.1 Å². The van der Waals surface area contributed by atoms with Gasteiger partial charge in [-0.25, -0.2) is 10.8 Å². The molecule has 0 aliphatic carbocycles. The van der Waals surface area contributed by atoms with Crippen LogP contribution < -0.4 is 11.3 Å². The van der Waals surface area contributed by atoms with Gasteiger partial charge in [0.2, 0.25) is 0 Å². The van der Waals surface area contributed by atoms with Gasteiger partial charge in [0.05, 0.1) is 21.7 Å². The second-order valence-corrected chi connectivity index (χ2v) is 6.33. The number of rotatable bonds is 4. The van der Waals surface area contributed by atoms with Gasteiger partial charge < -0.3 is 0 Å². The highest BCUT2D eigenvalue weighted by atomic mass is 79.9. The molecule has 1 aromatic heterocycles. The van der Waals surface area contributed by atoms with Crippen molar-refractivity contribution in [1.82, 2.24) is 10.4 Å². The number of amides is 1. The summed E-state index contributed by atoms with van der Waals surface area (Å²) in [6, 6.07) is 13.2. The van der Waals surface area contributed by atoms with Gasteiger partial charge in [0.1, 0.15) is 0 Å². The average Bonchev–Trinajstić information content (AvgIpc) is 2.65. The summed E-state index contributed by atoms with van der Waals surface area (Å²) in [5.41, 5.74) is 4.56. The number of non-ortho nitro benzene ring substituents is 1. The molecule has 26 heavy (non-hydrogen) atoms. The molecule has 0 atom stereocenters. The number of nitrogen functional groups attached to an aromatic ring is 1. The zero-order valence-corrected chi connectivity index (χ0v) is 14.9. The Labute approximate surface area is 156 Å². The van der Waals surface area contributed by atoms with Gasteiger partial charge in [-0.15, -0.1) is 0 Å². The molecule has 3 rings (SSSR count). The Kier molecular flexibility index (Phi) is 5.06. The van der Waals surface area contributed by atoms with E-state index in [2.05, 4.69) is 26.3 Å². The van der Waals surface area contributed by atoms with Crippen molar-refractivity contribution in [3.63, 3.8) is 0 Å². The van der Waals surface area contributed by atoms with E-state index in [1.165, 1.54) is 12.1 Å². The first-order valence-electron chi connectivity index (χ1n) is 7.52. The maximum absolute atomic E-state index is 12.1. The summed E-state index contributed by atoms with van der Waals surface area (Å²) in [5, 5.41) is 11.4. The number of hydrogen-bond acceptors (Lipinski definition) is 5. The number of nitrogens with two attached hydrogens (primary N) is 1. The first kappa shape index (κ1) is 17.7. The summed E-state index contributed by atoms with van der Waals surface area (Å²) in [6.45, 7) is 0. The molecule has 3 N–H and O–H groups in total. The largest absolute Gasteiger partial charge is 0.290 e. The van der Waals surface area contributed by atoms with E-state index in [0.717, 1.165) is 10.0 Å². The van der Waals surface area contributed by atoms with Crippen molar-refractivity contribution >= 4 is 50.6 Å². The first-order valence-corrected chi connectivity index (χ1v) is 8.31. The molecule has 7 nitrogen and oxygen atoms in total. The van der Waals surface area contributed by atoms with Crippen LogP contribution in [0.2, 0.25) is 0 Å². The minimum atomic E-state index is -0.450. The molecule has 0 unspecified atom stereocenters. The normalized spacial score (nSPS) is 11.0. The van der Waals surface area contributed by atoms with Gasteiger partial charge in [-0.05, 0) is 48.0 Å². The lowest BCUT2D eigenvalue weighted by Gasteiger charge is -2.07. The standard InChI is InChI=1S/C18H13BrN4O3/c19-12-4-8-17-15(9-12)16(18(24)22-20)10-13(21-17)5-1-11-2-6-14(7-3-11)23(25)26/h1-10H,20H2,(H,22,24). The SMILES string of the molecule is NNC(=O)c1cc(C=Cc2ccc([N+](=O)[O-])cc2)nc2ccc(Br)cc12. The van der Waals surface area contributed by atoms with Crippen molar-refractivity contribution in [2.24, 2.45) is 5.84 Å². The molecule has 1 heterocycles. The van der Waals surface area contributed by atoms with Crippen LogP contribution in [0.5, 0.6) is 0 Å². The van der Waals surface area contributed by atoms with Crippen LogP contribution in [0.1, 0.15) is 21.6 Å². The number of nitro groups is 1. The number of carbonyl (C=O) groups is 1. The molecule has 0 aliphatic rings. The maximum atomic E-state index is 12.1. The fraction of sp³-hybridized carbons (Fsp3) is 0. The summed E-state index contributed by atoms with van der Waals surface area (Å²) in [4.78, 5) is 26.9. The Morgan fingerprint density at radius 2 is 1.88 bits per heavy atom. The van der Waals surface area contributed by atoms with Crippen LogP contribution in [0, 0.1) is 10.1 Å². The Bertz CT molecular complexity index is 1030. The molecule has 1 amide bonds. The van der Waals surface area contributed by atoms with Crippen LogP contribution in [-0.2, 0) is 0 Å². The van der Waals surface area contributed by atoms with Crippen LogP contribution >= 0.6 is 15.9 Å². The van der Waals surface area contributed by atoms with E-state index in [-0.39, 0.29) is 5.69 Å². The molecule has 0 saturated carbocycles. The van der Waals surface area contributed by atoms with E-state index >= 15 is 0 Å². The van der Waals surface area contributed by atoms with Gasteiger partial charge in [0.25, 0.3) is 11.6 Å². The summed E-state index contributed by atoms with van der Waals surface area (Å²) in [7, 11) is 0. The predicted octanol–water partition coefficient (Wildman–Crippen LogP) is 3.68. The third-order valence-electron chi connectivity index (χ3n) is 3.72. The van der Waals surface area contributed by atoms with Crippen molar-refractivity contribution in [1.29, 1.82) is 0 Å². The second kappa shape index (κ2) is 7.42. The number of fused-ring (bicyclic) bond motifs is 1. The van der Waals surface area contributed by atoms with E-state index in [9.17, 15) is 14.9 Å². The number of aromatic nitrogens is 1. The van der Waals surface area contributed by atoms with Gasteiger partial charge >= 0.3 is 0 Å². The molecule has 0 fully saturated rings. The van der Waals surface area contributed by atoms with Crippen molar-refractivity contribution < 1.29 is 9.72 Å². The summed E-state index contributed by atoms with van der Waals surface area (Å²) < 4.78 is 0.826. The fourth-order valence-corrected chi connectivity index (χ4v) is 2.82. The Balaban J connectivity index is 2.00. The molecule has 3 aromatic rings. The molecule has 0 bridgehead atoms. The maximum Gasteiger partial charge on any atom is 0.269 e. The molecule has 0 spiro atoms. The fourth-order valence-electron chi connectivity index (χ4n) is 2.46. The van der Waals surface area contributed by atoms with Gasteiger partial charge in [-0.2, -0.15) is 0 Å². The molecule has 130 valence electrons. The van der Waals surface area contributed by atoms with Crippen LogP contribution in [0.15, 0.2) is 53.0 Å². The average molecular weight is 413 g/mol. The predicted molar refractivity (Wildman–Crippen MR) is 103 cm³/mol. The Hall–Kier alpha value is -3.10. The molecule has 0 radical (unpaired) electrons. The number of hydrazine groups is 1. The van der Waals surface area contributed by atoms with Crippen LogP contribution in [0.4, 0.5) is 5.69 Å². The highest BCUT2D eigenvalue weighted by Gasteiger charge is 2.12. The number of nitro benzene ring substituents is 1. The molecule has 8 heteroatoms. The van der Waals surface area contributed by atoms with E-state index in [1.54, 1.807) is 42.5 Å². The van der Waals surface area contributed by atoms with Crippen molar-refractivity contribution in [2.45, 2.75) is 0 Å². The number of benzene rings is 2. The highest BCUT2D eigenvalue weighted by molar-refractivity contribution is 9.10. The third kappa shape index (κ3) is 3.76. The van der Waals surface area contributed by atoms with Crippen molar-refractivity contribution in [2.75, 3.05) is 0 Å². The number of nitrogens with zero attached hydrogens (tertiary/aromatic N) is 2. The third-order valence-corrected chi connectivity index (χ3v) is 4.21. The zero-order valence-electron chi connectivity index (χ0n) is 13.3. The van der Waals surface area contributed by atoms with Crippen molar-refractivity contribution in [3.05, 3.63) is 79.9 Å². The highest BCUT2D eigenvalue weighted by Crippen LogP contribution is 2.24. The Morgan fingerprint density at radius 1 is 1.15 bits per heavy atom. The lowest BCUT2D eigenvalue weighted by Crippen LogP contribution is -2.30. The minimum absolute atomic E-state index is 0.0264. The minimum Gasteiger partial charge on any atom is -0.290 e. The quantitative estimate of drug-likeness (QED) is 0.293. The van der Waals surface area contributed by atoms with E-state index in [1.807, 2.05) is 6.07 Å². The molecule has 2 aromatic carbocycles. The van der Waals surface area contributed by atoms with Crippen LogP contribution in [-0.4, -0.2) is 15.8 Å². The molecular weight excluding hydrogens is 400 g/mol. The number of hydrogen-bond donors (Lipinski definition) is 2. The van der Waals surface area contributed by atoms with Gasteiger partial charge in [-0.1, -0.05) is 22.0 Å². The number of nitrogens with one attached hydrogen (secondary N) is 1. The lowest BCUT2D eigenvalue weighted by molar-refractivity contribution is -0.384. The van der Waals surface area contributed by atoms with E-state index in [0.29, 0.717) is 22.2 Å². The summed E-state index contributed by atoms with van der Waals surface area (Å²) in [6.07, 6.45) is 3.50. The summed E-state index contributed by atoms with van der Waals surface area (Å²) in [5.74, 6) is 4.87.